The van der Waals surface area contributed by atoms with Crippen molar-refractivity contribution in [3.8, 4) is 0 Å². The van der Waals surface area contributed by atoms with E-state index in [4.69, 9.17) is 9.22 Å². The minimum Gasteiger partial charge on any atom is -0.224 e. The molecular weight excluding hydrogens is 276 g/mol. The highest BCUT2D eigenvalue weighted by molar-refractivity contribution is 8.74. The Bertz CT molecular complexity index is 98.8. The summed E-state index contributed by atoms with van der Waals surface area (Å²) in [6, 6.07) is 0. The Morgan fingerprint density at radius 1 is 0.526 bits per heavy atom. The van der Waals surface area contributed by atoms with Crippen LogP contribution in [0.1, 0.15) is 83.5 Å². The highest BCUT2D eigenvalue weighted by atomic mass is 33.1. The molecule has 0 aliphatic carbocycles. The maximum absolute atomic E-state index is 5.14. The van der Waals surface area contributed by atoms with Crippen LogP contribution < -0.4 is 0 Å². The van der Waals surface area contributed by atoms with Gasteiger partial charge < -0.3 is 0 Å². The predicted molar refractivity (Wildman–Crippen MR) is 87.1 cm³/mol. The normalized spacial score (nSPS) is 24.0. The van der Waals surface area contributed by atoms with Crippen LogP contribution in [0.4, 0.5) is 0 Å². The molecule has 19 heavy (non-hydrogen) atoms. The Hall–Kier alpha value is 0.620. The van der Waals surface area contributed by atoms with Gasteiger partial charge in [-0.15, -0.1) is 0 Å². The molecule has 1 rings (SSSR count). The van der Waals surface area contributed by atoms with Crippen LogP contribution in [0.5, 0.6) is 0 Å². The largest absolute Gasteiger partial charge is 0.224 e. The molecule has 0 atom stereocenters. The van der Waals surface area contributed by atoms with Gasteiger partial charge in [0.25, 0.3) is 0 Å². The number of rotatable bonds is 0. The molecule has 0 aromatic carbocycles. The summed E-state index contributed by atoms with van der Waals surface area (Å²) in [4.78, 5) is 5.14. The molecule has 0 aromatic heterocycles. The maximum atomic E-state index is 5.14. The van der Waals surface area contributed by atoms with Crippen molar-refractivity contribution in [2.75, 3.05) is 12.4 Å². The molecule has 0 saturated carbocycles. The van der Waals surface area contributed by atoms with E-state index in [1.54, 1.807) is 10.8 Å². The van der Waals surface area contributed by atoms with Gasteiger partial charge in [-0.25, -0.2) is 4.89 Å². The van der Waals surface area contributed by atoms with Crippen molar-refractivity contribution in [3.05, 3.63) is 0 Å². The van der Waals surface area contributed by atoms with E-state index >= 15 is 0 Å². The summed E-state index contributed by atoms with van der Waals surface area (Å²) >= 11 is 1.39. The first-order valence-electron chi connectivity index (χ1n) is 8.08. The van der Waals surface area contributed by atoms with Crippen molar-refractivity contribution in [2.24, 2.45) is 0 Å². The highest BCUT2D eigenvalue weighted by Gasteiger charge is 1.97. The molecule has 2 nitrogen and oxygen atoms in total. The molecular formula is C15H30O2S2. The molecule has 1 saturated heterocycles. The molecule has 1 fully saturated rings. The maximum Gasteiger partial charge on any atom is 0.102 e. The van der Waals surface area contributed by atoms with E-state index in [1.165, 1.54) is 93.9 Å². The van der Waals surface area contributed by atoms with Crippen molar-refractivity contribution in [1.82, 2.24) is 0 Å². The second-order valence-electron chi connectivity index (χ2n) is 5.38. The highest BCUT2D eigenvalue weighted by Crippen LogP contribution is 2.24. The molecule has 1 aliphatic heterocycles. The molecule has 0 aromatic rings. The van der Waals surface area contributed by atoms with E-state index in [2.05, 4.69) is 0 Å². The zero-order valence-corrected chi connectivity index (χ0v) is 13.9. The van der Waals surface area contributed by atoms with E-state index in [0.29, 0.717) is 0 Å². The second-order valence-corrected chi connectivity index (χ2v) is 7.41. The average molecular weight is 307 g/mol. The van der Waals surface area contributed by atoms with Crippen molar-refractivity contribution in [2.45, 2.75) is 83.5 Å². The van der Waals surface area contributed by atoms with Crippen molar-refractivity contribution in [1.29, 1.82) is 0 Å². The van der Waals surface area contributed by atoms with Crippen LogP contribution in [0.2, 0.25) is 0 Å². The first-order valence-corrected chi connectivity index (χ1v) is 10.3. The van der Waals surface area contributed by atoms with E-state index in [9.17, 15) is 0 Å². The van der Waals surface area contributed by atoms with Crippen LogP contribution >= 0.6 is 21.9 Å². The fourth-order valence-electron chi connectivity index (χ4n) is 2.37. The summed E-state index contributed by atoms with van der Waals surface area (Å²) in [6.07, 6.45) is 17.9. The summed E-state index contributed by atoms with van der Waals surface area (Å²) in [5, 5.41) is 0. The summed E-state index contributed by atoms with van der Waals surface area (Å²) in [5.74, 6) is 1.17. The molecule has 0 spiro atoms. The van der Waals surface area contributed by atoms with Gasteiger partial charge >= 0.3 is 0 Å². The van der Waals surface area contributed by atoms with Gasteiger partial charge in [-0.2, -0.15) is 4.33 Å². The van der Waals surface area contributed by atoms with Crippen LogP contribution in [0.3, 0.4) is 0 Å². The van der Waals surface area contributed by atoms with Gasteiger partial charge in [0, 0.05) is 5.75 Å². The number of hydrogen-bond donors (Lipinski definition) is 0. The molecule has 4 heteroatoms. The summed E-state index contributed by atoms with van der Waals surface area (Å²) in [6.45, 7) is 0.744. The van der Waals surface area contributed by atoms with E-state index in [0.717, 1.165) is 13.0 Å². The van der Waals surface area contributed by atoms with Crippen LogP contribution in [-0.2, 0) is 9.22 Å². The predicted octanol–water partition coefficient (Wildman–Crippen LogP) is 6.32. The molecule has 1 aliphatic rings. The molecule has 0 radical (unpaired) electrons. The SMILES string of the molecule is C1CCCCCCCOOSSCCCCCCC1. The third kappa shape index (κ3) is 13.4. The fraction of sp³-hybridized carbons (Fsp3) is 1.00. The van der Waals surface area contributed by atoms with Crippen molar-refractivity contribution >= 4 is 21.9 Å². The quantitative estimate of drug-likeness (QED) is 0.296. The fourth-order valence-corrected chi connectivity index (χ4v) is 3.70. The van der Waals surface area contributed by atoms with E-state index in [1.807, 2.05) is 0 Å². The topological polar surface area (TPSA) is 18.5 Å². The van der Waals surface area contributed by atoms with Gasteiger partial charge in [0.15, 0.2) is 0 Å². The van der Waals surface area contributed by atoms with Crippen molar-refractivity contribution in [3.63, 3.8) is 0 Å². The Balaban J connectivity index is 2.01. The zero-order valence-electron chi connectivity index (χ0n) is 12.2. The van der Waals surface area contributed by atoms with Gasteiger partial charge in [-0.3, -0.25) is 0 Å². The summed E-state index contributed by atoms with van der Waals surface area (Å²) < 4.78 is 5.08. The van der Waals surface area contributed by atoms with E-state index < -0.39 is 0 Å². The van der Waals surface area contributed by atoms with Gasteiger partial charge in [-0.05, 0) is 12.8 Å². The number of hydrogen-bond acceptors (Lipinski definition) is 4. The lowest BCUT2D eigenvalue weighted by atomic mass is 10.0. The van der Waals surface area contributed by atoms with E-state index in [-0.39, 0.29) is 0 Å². The molecule has 114 valence electrons. The zero-order chi connectivity index (χ0) is 13.4. The Kier molecular flexibility index (Phi) is 14.0. The van der Waals surface area contributed by atoms with Crippen LogP contribution in [0, 0.1) is 0 Å². The molecule has 0 amide bonds. The van der Waals surface area contributed by atoms with Gasteiger partial charge in [0.05, 0.1) is 6.61 Å². The third-order valence-corrected chi connectivity index (χ3v) is 5.24. The second kappa shape index (κ2) is 15.0. The lowest BCUT2D eigenvalue weighted by molar-refractivity contribution is -0.189. The Morgan fingerprint density at radius 3 is 1.58 bits per heavy atom. The lowest BCUT2D eigenvalue weighted by Crippen LogP contribution is -1.91. The molecule has 0 bridgehead atoms. The summed E-state index contributed by atoms with van der Waals surface area (Å²) in [7, 11) is 1.77. The van der Waals surface area contributed by atoms with Crippen LogP contribution in [0.25, 0.3) is 0 Å². The standard InChI is InChI=1S/C15H30O2S2/c1-2-4-6-8-10-12-14-16-17-19-18-15-13-11-9-7-5-3-1/h1-15H2. The first kappa shape index (κ1) is 17.7. The van der Waals surface area contributed by atoms with Crippen LogP contribution in [-0.4, -0.2) is 12.4 Å². The first-order chi connectivity index (χ1) is 9.50. The lowest BCUT2D eigenvalue weighted by Gasteiger charge is -2.02. The monoisotopic (exact) mass is 306 g/mol. The minimum atomic E-state index is 0.744. The van der Waals surface area contributed by atoms with Crippen LogP contribution in [0.15, 0.2) is 0 Å². The molecule has 0 unspecified atom stereocenters. The Labute approximate surface area is 127 Å². The third-order valence-electron chi connectivity index (χ3n) is 3.58. The Morgan fingerprint density at radius 2 is 1.00 bits per heavy atom. The van der Waals surface area contributed by atoms with Gasteiger partial charge in [0.2, 0.25) is 0 Å². The minimum absolute atomic E-state index is 0.744. The van der Waals surface area contributed by atoms with Gasteiger partial charge in [0.1, 0.15) is 11.1 Å². The smallest absolute Gasteiger partial charge is 0.102 e. The van der Waals surface area contributed by atoms with Gasteiger partial charge in [-0.1, -0.05) is 81.4 Å². The van der Waals surface area contributed by atoms with Crippen molar-refractivity contribution < 1.29 is 9.22 Å². The molecule has 1 heterocycles. The summed E-state index contributed by atoms with van der Waals surface area (Å²) in [5.41, 5.74) is 0. The average Bonchev–Trinajstić information content (AvgIpc) is 2.43. The molecule has 0 N–H and O–H groups in total.